The zero-order chi connectivity index (χ0) is 11.2. The third-order valence-electron chi connectivity index (χ3n) is 4.43. The Bertz CT molecular complexity index is 181. The molecule has 2 heteroatoms. The van der Waals surface area contributed by atoms with Crippen molar-refractivity contribution in [3.8, 4) is 0 Å². The fourth-order valence-corrected chi connectivity index (χ4v) is 3.21. The van der Waals surface area contributed by atoms with Gasteiger partial charge in [-0.15, -0.1) is 0 Å². The van der Waals surface area contributed by atoms with E-state index in [1.54, 1.807) is 0 Å². The second kappa shape index (κ2) is 6.61. The molecule has 0 aromatic rings. The number of ether oxygens (including phenoxy) is 1. The van der Waals surface area contributed by atoms with Crippen molar-refractivity contribution < 1.29 is 4.74 Å². The molecular formula is C14H27NO. The molecule has 94 valence electrons. The molecule has 2 aliphatic carbocycles. The molecule has 0 atom stereocenters. The first-order valence-electron chi connectivity index (χ1n) is 7.14. The zero-order valence-electron chi connectivity index (χ0n) is 10.7. The van der Waals surface area contributed by atoms with E-state index in [2.05, 4.69) is 5.32 Å². The van der Waals surface area contributed by atoms with E-state index in [9.17, 15) is 0 Å². The summed E-state index contributed by atoms with van der Waals surface area (Å²) in [6.07, 6.45) is 13.0. The van der Waals surface area contributed by atoms with Crippen molar-refractivity contribution in [2.45, 2.75) is 69.9 Å². The van der Waals surface area contributed by atoms with Gasteiger partial charge in [0.2, 0.25) is 0 Å². The summed E-state index contributed by atoms with van der Waals surface area (Å²) in [7, 11) is 1.85. The Balaban J connectivity index is 1.59. The molecule has 0 aromatic heterocycles. The van der Waals surface area contributed by atoms with Gasteiger partial charge in [0.1, 0.15) is 0 Å². The largest absolute Gasteiger partial charge is 0.381 e. The van der Waals surface area contributed by atoms with Crippen molar-refractivity contribution in [2.75, 3.05) is 13.7 Å². The van der Waals surface area contributed by atoms with Crippen molar-refractivity contribution in [1.29, 1.82) is 0 Å². The Morgan fingerprint density at radius 1 is 0.938 bits per heavy atom. The molecule has 0 bridgehead atoms. The average molecular weight is 225 g/mol. The summed E-state index contributed by atoms with van der Waals surface area (Å²) in [5.41, 5.74) is 0. The first-order valence-corrected chi connectivity index (χ1v) is 7.14. The predicted molar refractivity (Wildman–Crippen MR) is 67.6 cm³/mol. The minimum Gasteiger partial charge on any atom is -0.381 e. The number of hydrogen-bond donors (Lipinski definition) is 1. The Kier molecular flexibility index (Phi) is 5.11. The van der Waals surface area contributed by atoms with Crippen LogP contribution in [0.25, 0.3) is 0 Å². The molecule has 0 radical (unpaired) electrons. The molecule has 16 heavy (non-hydrogen) atoms. The summed E-state index contributed by atoms with van der Waals surface area (Å²) >= 11 is 0. The lowest BCUT2D eigenvalue weighted by Crippen LogP contribution is -2.36. The molecule has 0 aromatic carbocycles. The van der Waals surface area contributed by atoms with Gasteiger partial charge in [-0.05, 0) is 51.0 Å². The minimum absolute atomic E-state index is 0.547. The van der Waals surface area contributed by atoms with Gasteiger partial charge in [0.05, 0.1) is 6.10 Å². The molecule has 2 rings (SSSR count). The van der Waals surface area contributed by atoms with E-state index >= 15 is 0 Å². The maximum atomic E-state index is 5.41. The van der Waals surface area contributed by atoms with Crippen molar-refractivity contribution in [3.05, 3.63) is 0 Å². The first-order chi connectivity index (χ1) is 7.88. The average Bonchev–Trinajstić information content (AvgIpc) is 2.38. The Morgan fingerprint density at radius 2 is 1.62 bits per heavy atom. The van der Waals surface area contributed by atoms with Gasteiger partial charge < -0.3 is 10.1 Å². The van der Waals surface area contributed by atoms with Crippen LogP contribution in [-0.2, 0) is 4.74 Å². The Hall–Kier alpha value is -0.0800. The minimum atomic E-state index is 0.547. The molecule has 0 aliphatic heterocycles. The molecule has 0 saturated heterocycles. The van der Waals surface area contributed by atoms with Crippen LogP contribution in [0, 0.1) is 5.92 Å². The summed E-state index contributed by atoms with van der Waals surface area (Å²) in [5, 5.41) is 3.78. The van der Waals surface area contributed by atoms with E-state index in [-0.39, 0.29) is 0 Å². The van der Waals surface area contributed by atoms with Gasteiger partial charge in [0.15, 0.2) is 0 Å². The van der Waals surface area contributed by atoms with Crippen LogP contribution in [-0.4, -0.2) is 25.8 Å². The fourth-order valence-electron chi connectivity index (χ4n) is 3.21. The molecular weight excluding hydrogens is 198 g/mol. The summed E-state index contributed by atoms with van der Waals surface area (Å²) in [6, 6.07) is 0.828. The van der Waals surface area contributed by atoms with Gasteiger partial charge in [-0.3, -0.25) is 0 Å². The standard InChI is InChI=1S/C14H27NO/c1-16-14-9-7-12(8-10-14)11-15-13-5-3-2-4-6-13/h12-15H,2-11H2,1H3. The van der Waals surface area contributed by atoms with Crippen LogP contribution in [0.4, 0.5) is 0 Å². The van der Waals surface area contributed by atoms with Crippen LogP contribution in [0.5, 0.6) is 0 Å². The smallest absolute Gasteiger partial charge is 0.0571 e. The second-order valence-corrected chi connectivity index (χ2v) is 5.62. The van der Waals surface area contributed by atoms with Crippen molar-refractivity contribution >= 4 is 0 Å². The summed E-state index contributed by atoms with van der Waals surface area (Å²) in [4.78, 5) is 0. The lowest BCUT2D eigenvalue weighted by molar-refractivity contribution is 0.0562. The second-order valence-electron chi connectivity index (χ2n) is 5.62. The molecule has 2 fully saturated rings. The van der Waals surface area contributed by atoms with Gasteiger partial charge in [-0.1, -0.05) is 19.3 Å². The monoisotopic (exact) mass is 225 g/mol. The van der Waals surface area contributed by atoms with E-state index in [1.165, 1.54) is 64.3 Å². The first kappa shape index (κ1) is 12.4. The van der Waals surface area contributed by atoms with E-state index < -0.39 is 0 Å². The Labute approximate surface area is 100 Å². The lowest BCUT2D eigenvalue weighted by Gasteiger charge is -2.30. The SMILES string of the molecule is COC1CCC(CNC2CCCCC2)CC1. The molecule has 2 saturated carbocycles. The van der Waals surface area contributed by atoms with Crippen LogP contribution in [0.2, 0.25) is 0 Å². The fraction of sp³-hybridized carbons (Fsp3) is 1.00. The van der Waals surface area contributed by atoms with Gasteiger partial charge in [-0.2, -0.15) is 0 Å². The molecule has 0 spiro atoms. The maximum absolute atomic E-state index is 5.41. The quantitative estimate of drug-likeness (QED) is 0.794. The van der Waals surface area contributed by atoms with Crippen LogP contribution in [0.15, 0.2) is 0 Å². The number of hydrogen-bond acceptors (Lipinski definition) is 2. The molecule has 0 amide bonds. The highest BCUT2D eigenvalue weighted by atomic mass is 16.5. The van der Waals surface area contributed by atoms with Crippen molar-refractivity contribution in [1.82, 2.24) is 5.32 Å². The van der Waals surface area contributed by atoms with Crippen LogP contribution >= 0.6 is 0 Å². The van der Waals surface area contributed by atoms with E-state index in [4.69, 9.17) is 4.74 Å². The van der Waals surface area contributed by atoms with Gasteiger partial charge >= 0.3 is 0 Å². The third-order valence-corrected chi connectivity index (χ3v) is 4.43. The highest BCUT2D eigenvalue weighted by Gasteiger charge is 2.21. The van der Waals surface area contributed by atoms with Crippen LogP contribution in [0.1, 0.15) is 57.8 Å². The highest BCUT2D eigenvalue weighted by molar-refractivity contribution is 4.77. The van der Waals surface area contributed by atoms with E-state index in [1.807, 2.05) is 7.11 Å². The molecule has 1 N–H and O–H groups in total. The summed E-state index contributed by atoms with van der Waals surface area (Å²) in [5.74, 6) is 0.910. The van der Waals surface area contributed by atoms with Crippen LogP contribution < -0.4 is 5.32 Å². The highest BCUT2D eigenvalue weighted by Crippen LogP contribution is 2.26. The van der Waals surface area contributed by atoms with Gasteiger partial charge in [0, 0.05) is 13.2 Å². The molecule has 2 nitrogen and oxygen atoms in total. The molecule has 0 heterocycles. The molecule has 0 unspecified atom stereocenters. The van der Waals surface area contributed by atoms with E-state index in [0.29, 0.717) is 6.10 Å². The summed E-state index contributed by atoms with van der Waals surface area (Å²) < 4.78 is 5.41. The normalized spacial score (nSPS) is 32.8. The summed E-state index contributed by atoms with van der Waals surface area (Å²) in [6.45, 7) is 1.25. The zero-order valence-corrected chi connectivity index (χ0v) is 10.7. The number of nitrogens with one attached hydrogen (secondary N) is 1. The number of methoxy groups -OCH3 is 1. The number of rotatable bonds is 4. The Morgan fingerprint density at radius 3 is 2.25 bits per heavy atom. The predicted octanol–water partition coefficient (Wildman–Crippen LogP) is 3.11. The lowest BCUT2D eigenvalue weighted by atomic mass is 9.86. The van der Waals surface area contributed by atoms with Gasteiger partial charge in [-0.25, -0.2) is 0 Å². The van der Waals surface area contributed by atoms with Gasteiger partial charge in [0.25, 0.3) is 0 Å². The van der Waals surface area contributed by atoms with Crippen molar-refractivity contribution in [2.24, 2.45) is 5.92 Å². The maximum Gasteiger partial charge on any atom is 0.0571 e. The molecule has 2 aliphatic rings. The van der Waals surface area contributed by atoms with E-state index in [0.717, 1.165) is 12.0 Å². The van der Waals surface area contributed by atoms with Crippen LogP contribution in [0.3, 0.4) is 0 Å². The third kappa shape index (κ3) is 3.74. The topological polar surface area (TPSA) is 21.3 Å². The van der Waals surface area contributed by atoms with Crippen molar-refractivity contribution in [3.63, 3.8) is 0 Å².